The van der Waals surface area contributed by atoms with Gasteiger partial charge in [-0.3, -0.25) is 4.98 Å². The summed E-state index contributed by atoms with van der Waals surface area (Å²) in [6.45, 7) is 4.54. The average molecular weight is 484 g/mol. The van der Waals surface area contributed by atoms with E-state index < -0.39 is 10.0 Å². The summed E-state index contributed by atoms with van der Waals surface area (Å²) in [7, 11) is -3.65. The molecule has 0 bridgehead atoms. The van der Waals surface area contributed by atoms with Crippen molar-refractivity contribution in [2.75, 3.05) is 26.2 Å². The lowest BCUT2D eigenvalue weighted by molar-refractivity contribution is 0.432. The largest absolute Gasteiger partial charge is 0.455 e. The van der Waals surface area contributed by atoms with Crippen LogP contribution in [0.25, 0.3) is 10.8 Å². The molecule has 4 rings (SSSR count). The minimum atomic E-state index is -3.65. The lowest BCUT2D eigenvalue weighted by Crippen LogP contribution is -2.34. The molecule has 2 aromatic carbocycles. The summed E-state index contributed by atoms with van der Waals surface area (Å²) >= 11 is 0. The summed E-state index contributed by atoms with van der Waals surface area (Å²) in [4.78, 5) is 4.51. The van der Waals surface area contributed by atoms with Gasteiger partial charge >= 0.3 is 0 Å². The van der Waals surface area contributed by atoms with Crippen LogP contribution in [0.3, 0.4) is 0 Å². The number of hydrogen-bond acceptors (Lipinski definition) is 5. The standard InChI is InChI=1S/C22H25N3O3S.2ClH/c1-2-17-7-9-19(10-8-17)28-20-16-24-15-18-5-3-6-21(22(18)20)29(26,27)25-13-4-11-23-12-14-25;;/h3,5-10,15-16,23H,2,4,11-14H2,1H3;2*1H. The fraction of sp³-hybridized carbons (Fsp3) is 0.318. The number of aromatic nitrogens is 1. The van der Waals surface area contributed by atoms with E-state index in [1.807, 2.05) is 30.3 Å². The van der Waals surface area contributed by atoms with Crippen LogP contribution in [0.15, 0.2) is 59.8 Å². The Morgan fingerprint density at radius 1 is 1.03 bits per heavy atom. The van der Waals surface area contributed by atoms with Gasteiger partial charge in [0.1, 0.15) is 5.75 Å². The maximum Gasteiger partial charge on any atom is 0.243 e. The predicted octanol–water partition coefficient (Wildman–Crippen LogP) is 4.42. The number of nitrogens with one attached hydrogen (secondary N) is 1. The second-order valence-electron chi connectivity index (χ2n) is 7.10. The van der Waals surface area contributed by atoms with Gasteiger partial charge in [0.05, 0.1) is 11.1 Å². The molecule has 0 unspecified atom stereocenters. The Morgan fingerprint density at radius 2 is 1.81 bits per heavy atom. The minimum absolute atomic E-state index is 0. The Balaban J connectivity index is 0.00000171. The minimum Gasteiger partial charge on any atom is -0.455 e. The van der Waals surface area contributed by atoms with Gasteiger partial charge in [0.15, 0.2) is 5.75 Å². The van der Waals surface area contributed by atoms with E-state index in [-0.39, 0.29) is 29.7 Å². The first-order valence-corrected chi connectivity index (χ1v) is 11.4. The molecule has 0 spiro atoms. The Labute approximate surface area is 195 Å². The van der Waals surface area contributed by atoms with E-state index in [1.54, 1.807) is 28.8 Å². The van der Waals surface area contributed by atoms with Crippen molar-refractivity contribution >= 4 is 45.6 Å². The SMILES string of the molecule is CCc1ccc(Oc2cncc3cccc(S(=O)(=O)N4CCCNCC4)c23)cc1.Cl.Cl. The van der Waals surface area contributed by atoms with Crippen LogP contribution in [0, 0.1) is 0 Å². The molecule has 1 aromatic heterocycles. The summed E-state index contributed by atoms with van der Waals surface area (Å²) < 4.78 is 34.6. The average Bonchev–Trinajstić information content (AvgIpc) is 3.04. The van der Waals surface area contributed by atoms with Crippen molar-refractivity contribution in [1.82, 2.24) is 14.6 Å². The molecule has 1 saturated heterocycles. The number of benzene rings is 2. The number of hydrogen-bond donors (Lipinski definition) is 1. The van der Waals surface area contributed by atoms with E-state index in [2.05, 4.69) is 17.2 Å². The predicted molar refractivity (Wildman–Crippen MR) is 128 cm³/mol. The van der Waals surface area contributed by atoms with Crippen molar-refractivity contribution in [2.45, 2.75) is 24.7 Å². The summed E-state index contributed by atoms with van der Waals surface area (Å²) in [5.74, 6) is 1.10. The van der Waals surface area contributed by atoms with Gasteiger partial charge in [0, 0.05) is 36.6 Å². The molecule has 0 atom stereocenters. The van der Waals surface area contributed by atoms with Crippen LogP contribution in [0.5, 0.6) is 11.5 Å². The fourth-order valence-electron chi connectivity index (χ4n) is 3.58. The first-order chi connectivity index (χ1) is 14.1. The Hall–Kier alpha value is -1.90. The second kappa shape index (κ2) is 11.1. The van der Waals surface area contributed by atoms with Gasteiger partial charge < -0.3 is 10.1 Å². The normalized spacial score (nSPS) is 14.9. The summed E-state index contributed by atoms with van der Waals surface area (Å²) in [5.41, 5.74) is 1.21. The van der Waals surface area contributed by atoms with Gasteiger partial charge in [-0.2, -0.15) is 4.31 Å². The molecular formula is C22H27Cl2N3O3S. The van der Waals surface area contributed by atoms with Gasteiger partial charge in [0.2, 0.25) is 10.0 Å². The molecule has 3 aromatic rings. The Morgan fingerprint density at radius 3 is 2.55 bits per heavy atom. The third-order valence-corrected chi connectivity index (χ3v) is 7.13. The molecule has 31 heavy (non-hydrogen) atoms. The number of rotatable bonds is 5. The van der Waals surface area contributed by atoms with Gasteiger partial charge in [-0.25, -0.2) is 8.42 Å². The molecule has 1 fully saturated rings. The summed E-state index contributed by atoms with van der Waals surface area (Å²) in [6.07, 6.45) is 4.99. The molecule has 0 radical (unpaired) electrons. The quantitative estimate of drug-likeness (QED) is 0.581. The van der Waals surface area contributed by atoms with Gasteiger partial charge in [0.25, 0.3) is 0 Å². The third-order valence-electron chi connectivity index (χ3n) is 5.19. The molecule has 9 heteroatoms. The highest BCUT2D eigenvalue weighted by atomic mass is 35.5. The molecule has 1 aliphatic rings. The van der Waals surface area contributed by atoms with Crippen LogP contribution in [0.1, 0.15) is 18.9 Å². The summed E-state index contributed by atoms with van der Waals surface area (Å²) in [6, 6.07) is 13.1. The zero-order chi connectivity index (χ0) is 20.3. The topological polar surface area (TPSA) is 71.5 Å². The molecule has 1 aliphatic heterocycles. The molecular weight excluding hydrogens is 457 g/mol. The van der Waals surface area contributed by atoms with Crippen molar-refractivity contribution in [3.63, 3.8) is 0 Å². The molecule has 1 N–H and O–H groups in total. The van der Waals surface area contributed by atoms with Crippen molar-refractivity contribution in [2.24, 2.45) is 0 Å². The van der Waals surface area contributed by atoms with E-state index in [1.165, 1.54) is 5.56 Å². The number of halogens is 2. The molecule has 2 heterocycles. The number of ether oxygens (including phenoxy) is 1. The number of aryl methyl sites for hydroxylation is 1. The lowest BCUT2D eigenvalue weighted by atomic mass is 10.1. The van der Waals surface area contributed by atoms with Crippen molar-refractivity contribution in [1.29, 1.82) is 0 Å². The lowest BCUT2D eigenvalue weighted by Gasteiger charge is -2.21. The summed E-state index contributed by atoms with van der Waals surface area (Å²) in [5, 5.41) is 4.56. The maximum absolute atomic E-state index is 13.5. The van der Waals surface area contributed by atoms with E-state index in [9.17, 15) is 8.42 Å². The monoisotopic (exact) mass is 483 g/mol. The highest BCUT2D eigenvalue weighted by molar-refractivity contribution is 7.89. The Bertz CT molecular complexity index is 1100. The molecule has 0 saturated carbocycles. The molecule has 0 amide bonds. The van der Waals surface area contributed by atoms with Crippen LogP contribution in [-0.2, 0) is 16.4 Å². The molecule has 168 valence electrons. The first-order valence-electron chi connectivity index (χ1n) is 9.94. The second-order valence-corrected chi connectivity index (χ2v) is 9.01. The van der Waals surface area contributed by atoms with E-state index in [4.69, 9.17) is 4.74 Å². The van der Waals surface area contributed by atoms with E-state index in [0.717, 1.165) is 24.8 Å². The fourth-order valence-corrected chi connectivity index (χ4v) is 5.29. The zero-order valence-corrected chi connectivity index (χ0v) is 19.7. The van der Waals surface area contributed by atoms with Crippen LogP contribution in [0.4, 0.5) is 0 Å². The van der Waals surface area contributed by atoms with Gasteiger partial charge in [-0.05, 0) is 43.1 Å². The number of pyridine rings is 1. The van der Waals surface area contributed by atoms with Crippen molar-refractivity contribution in [3.05, 3.63) is 60.4 Å². The van der Waals surface area contributed by atoms with Gasteiger partial charge in [-0.15, -0.1) is 24.8 Å². The van der Waals surface area contributed by atoms with Crippen LogP contribution < -0.4 is 10.1 Å². The van der Waals surface area contributed by atoms with Crippen LogP contribution in [0.2, 0.25) is 0 Å². The Kier molecular flexibility index (Phi) is 9.09. The van der Waals surface area contributed by atoms with Crippen molar-refractivity contribution in [3.8, 4) is 11.5 Å². The molecule has 6 nitrogen and oxygen atoms in total. The van der Waals surface area contributed by atoms with E-state index in [0.29, 0.717) is 36.5 Å². The van der Waals surface area contributed by atoms with E-state index >= 15 is 0 Å². The van der Waals surface area contributed by atoms with Crippen LogP contribution >= 0.6 is 24.8 Å². The zero-order valence-electron chi connectivity index (χ0n) is 17.3. The number of fused-ring (bicyclic) bond motifs is 1. The molecule has 0 aliphatic carbocycles. The first kappa shape index (κ1) is 25.4. The maximum atomic E-state index is 13.5. The smallest absolute Gasteiger partial charge is 0.243 e. The highest BCUT2D eigenvalue weighted by Crippen LogP contribution is 2.35. The number of nitrogens with zero attached hydrogens (tertiary/aromatic N) is 2. The van der Waals surface area contributed by atoms with Crippen molar-refractivity contribution < 1.29 is 13.2 Å². The highest BCUT2D eigenvalue weighted by Gasteiger charge is 2.28. The van der Waals surface area contributed by atoms with Crippen LogP contribution in [-0.4, -0.2) is 43.9 Å². The van der Waals surface area contributed by atoms with Gasteiger partial charge in [-0.1, -0.05) is 31.2 Å². The number of sulfonamides is 1. The third kappa shape index (κ3) is 5.48.